The Kier molecular flexibility index (Phi) is 5.90. The Morgan fingerprint density at radius 2 is 2.25 bits per heavy atom. The molecule has 3 rings (SSSR count). The lowest BCUT2D eigenvalue weighted by Crippen LogP contribution is -2.24. The zero-order valence-electron chi connectivity index (χ0n) is 12.6. The van der Waals surface area contributed by atoms with Gasteiger partial charge in [0.1, 0.15) is 0 Å². The van der Waals surface area contributed by atoms with Crippen molar-refractivity contribution in [1.29, 1.82) is 0 Å². The van der Waals surface area contributed by atoms with Gasteiger partial charge < -0.3 is 9.84 Å². The van der Waals surface area contributed by atoms with Crippen LogP contribution in [0.2, 0.25) is 5.02 Å². The van der Waals surface area contributed by atoms with Crippen molar-refractivity contribution in [2.24, 2.45) is 0 Å². The smallest absolute Gasteiger partial charge is 0.236 e. The molecule has 0 aliphatic rings. The van der Waals surface area contributed by atoms with Crippen LogP contribution in [0.15, 0.2) is 46.3 Å². The van der Waals surface area contributed by atoms with E-state index in [1.807, 2.05) is 35.7 Å². The third-order valence-electron chi connectivity index (χ3n) is 3.05. The zero-order valence-corrected chi connectivity index (χ0v) is 15.0. The first-order valence-electron chi connectivity index (χ1n) is 7.16. The van der Waals surface area contributed by atoms with Crippen molar-refractivity contribution in [3.05, 3.63) is 58.3 Å². The van der Waals surface area contributed by atoms with Crippen LogP contribution in [-0.4, -0.2) is 21.8 Å². The molecular formula is C16H14ClN3O2S2. The molecule has 1 amide bonds. The predicted molar refractivity (Wildman–Crippen MR) is 97.1 cm³/mol. The van der Waals surface area contributed by atoms with E-state index in [9.17, 15) is 4.79 Å². The lowest BCUT2D eigenvalue weighted by Gasteiger charge is -2.05. The fraction of sp³-hybridized carbons (Fsp3) is 0.188. The normalized spacial score (nSPS) is 10.7. The van der Waals surface area contributed by atoms with Crippen LogP contribution in [0.3, 0.4) is 0 Å². The fourth-order valence-corrected chi connectivity index (χ4v) is 3.49. The fourth-order valence-electron chi connectivity index (χ4n) is 1.95. The summed E-state index contributed by atoms with van der Waals surface area (Å²) in [5, 5.41) is 9.42. The van der Waals surface area contributed by atoms with Crippen LogP contribution < -0.4 is 5.32 Å². The molecule has 5 nitrogen and oxygen atoms in total. The number of benzene rings is 1. The van der Waals surface area contributed by atoms with E-state index in [0.29, 0.717) is 34.8 Å². The number of amides is 1. The van der Waals surface area contributed by atoms with Crippen LogP contribution in [0.1, 0.15) is 11.5 Å². The maximum absolute atomic E-state index is 11.9. The second-order valence-corrected chi connectivity index (χ2v) is 7.26. The average Bonchev–Trinajstić information content (AvgIpc) is 3.24. The van der Waals surface area contributed by atoms with Gasteiger partial charge >= 0.3 is 0 Å². The Bertz CT molecular complexity index is 805. The first-order chi connectivity index (χ1) is 11.7. The number of nitrogens with zero attached hydrogens (tertiary/aromatic N) is 2. The van der Waals surface area contributed by atoms with E-state index < -0.39 is 0 Å². The molecule has 0 radical (unpaired) electrons. The molecule has 0 saturated heterocycles. The van der Waals surface area contributed by atoms with Crippen LogP contribution in [0.4, 0.5) is 0 Å². The van der Waals surface area contributed by atoms with Crippen LogP contribution in [-0.2, 0) is 17.1 Å². The summed E-state index contributed by atoms with van der Waals surface area (Å²) in [4.78, 5) is 17.1. The summed E-state index contributed by atoms with van der Waals surface area (Å²) in [6.07, 6.45) is 0. The SMILES string of the molecule is O=C(CSCc1nc(-c2cccs2)no1)NCc1cccc(Cl)c1. The number of hydrogen-bond donors (Lipinski definition) is 1. The van der Waals surface area contributed by atoms with Crippen LogP contribution in [0.5, 0.6) is 0 Å². The lowest BCUT2D eigenvalue weighted by atomic mass is 10.2. The number of thiophene rings is 1. The summed E-state index contributed by atoms with van der Waals surface area (Å²) in [5.41, 5.74) is 0.971. The van der Waals surface area contributed by atoms with Crippen molar-refractivity contribution >= 4 is 40.6 Å². The van der Waals surface area contributed by atoms with E-state index in [-0.39, 0.29) is 5.91 Å². The molecule has 0 fully saturated rings. The van der Waals surface area contributed by atoms with Crippen LogP contribution >= 0.6 is 34.7 Å². The van der Waals surface area contributed by atoms with E-state index in [2.05, 4.69) is 15.5 Å². The molecule has 0 atom stereocenters. The standard InChI is InChI=1S/C16H14ClN3O2S2/c17-12-4-1-3-11(7-12)8-18-14(21)9-23-10-15-19-16(20-22-15)13-5-2-6-24-13/h1-7H,8-10H2,(H,18,21). The molecule has 0 aliphatic heterocycles. The Morgan fingerprint density at radius 3 is 3.04 bits per heavy atom. The number of nitrogens with one attached hydrogen (secondary N) is 1. The van der Waals surface area contributed by atoms with E-state index in [0.717, 1.165) is 10.4 Å². The molecular weight excluding hydrogens is 366 g/mol. The molecule has 0 spiro atoms. The third kappa shape index (κ3) is 4.83. The van der Waals surface area contributed by atoms with E-state index in [1.165, 1.54) is 11.8 Å². The molecule has 24 heavy (non-hydrogen) atoms. The lowest BCUT2D eigenvalue weighted by molar-refractivity contribution is -0.118. The highest BCUT2D eigenvalue weighted by Crippen LogP contribution is 2.22. The highest BCUT2D eigenvalue weighted by Gasteiger charge is 2.10. The molecule has 2 heterocycles. The molecule has 0 saturated carbocycles. The molecule has 1 N–H and O–H groups in total. The van der Waals surface area contributed by atoms with Gasteiger partial charge in [-0.05, 0) is 29.1 Å². The van der Waals surface area contributed by atoms with E-state index >= 15 is 0 Å². The summed E-state index contributed by atoms with van der Waals surface area (Å²) < 4.78 is 5.19. The number of aromatic nitrogens is 2. The summed E-state index contributed by atoms with van der Waals surface area (Å²) in [6, 6.07) is 11.3. The van der Waals surface area contributed by atoms with Crippen molar-refractivity contribution in [2.45, 2.75) is 12.3 Å². The van der Waals surface area contributed by atoms with E-state index in [4.69, 9.17) is 16.1 Å². The topological polar surface area (TPSA) is 68.0 Å². The Hall–Kier alpha value is -1.83. The first kappa shape index (κ1) is 17.0. The predicted octanol–water partition coefficient (Wildman–Crippen LogP) is 4.00. The zero-order chi connectivity index (χ0) is 16.8. The summed E-state index contributed by atoms with van der Waals surface area (Å²) in [7, 11) is 0. The van der Waals surface area contributed by atoms with Gasteiger partial charge in [-0.1, -0.05) is 35.0 Å². The number of thioether (sulfide) groups is 1. The molecule has 0 unspecified atom stereocenters. The monoisotopic (exact) mass is 379 g/mol. The van der Waals surface area contributed by atoms with Crippen molar-refractivity contribution in [3.63, 3.8) is 0 Å². The number of rotatable bonds is 7. The van der Waals surface area contributed by atoms with Crippen LogP contribution in [0, 0.1) is 0 Å². The molecule has 2 aromatic heterocycles. The summed E-state index contributed by atoms with van der Waals surface area (Å²) >= 11 is 8.90. The van der Waals surface area contributed by atoms with E-state index in [1.54, 1.807) is 17.4 Å². The molecule has 124 valence electrons. The highest BCUT2D eigenvalue weighted by atomic mass is 35.5. The minimum absolute atomic E-state index is 0.0435. The second-order valence-electron chi connectivity index (χ2n) is 4.89. The van der Waals surface area contributed by atoms with Crippen molar-refractivity contribution < 1.29 is 9.32 Å². The third-order valence-corrected chi connectivity index (χ3v) is 5.07. The average molecular weight is 380 g/mol. The maximum atomic E-state index is 11.9. The minimum Gasteiger partial charge on any atom is -0.351 e. The number of carbonyl (C=O) groups excluding carboxylic acids is 1. The van der Waals surface area contributed by atoms with Gasteiger partial charge in [0.15, 0.2) is 0 Å². The molecule has 3 aromatic rings. The van der Waals surface area contributed by atoms with Crippen LogP contribution in [0.25, 0.3) is 10.7 Å². The minimum atomic E-state index is -0.0435. The van der Waals surface area contributed by atoms with Crippen molar-refractivity contribution in [3.8, 4) is 10.7 Å². The van der Waals surface area contributed by atoms with Gasteiger partial charge in [-0.2, -0.15) is 4.98 Å². The quantitative estimate of drug-likeness (QED) is 0.672. The number of carbonyl (C=O) groups is 1. The Balaban J connectivity index is 1.40. The molecule has 0 bridgehead atoms. The van der Waals surface area contributed by atoms with Gasteiger partial charge in [-0.3, -0.25) is 4.79 Å². The molecule has 8 heteroatoms. The Morgan fingerprint density at radius 1 is 1.33 bits per heavy atom. The van der Waals surface area contributed by atoms with Crippen molar-refractivity contribution in [2.75, 3.05) is 5.75 Å². The first-order valence-corrected chi connectivity index (χ1v) is 9.57. The highest BCUT2D eigenvalue weighted by molar-refractivity contribution is 7.99. The van der Waals surface area contributed by atoms with Gasteiger partial charge in [0, 0.05) is 11.6 Å². The number of halogens is 1. The maximum Gasteiger partial charge on any atom is 0.236 e. The summed E-state index contributed by atoms with van der Waals surface area (Å²) in [5.74, 6) is 1.90. The molecule has 0 aliphatic carbocycles. The van der Waals surface area contributed by atoms with Gasteiger partial charge in [0.2, 0.25) is 17.6 Å². The number of hydrogen-bond acceptors (Lipinski definition) is 6. The second kappa shape index (κ2) is 8.32. The van der Waals surface area contributed by atoms with Gasteiger partial charge in [-0.25, -0.2) is 0 Å². The largest absolute Gasteiger partial charge is 0.351 e. The van der Waals surface area contributed by atoms with Crippen molar-refractivity contribution in [1.82, 2.24) is 15.5 Å². The van der Waals surface area contributed by atoms with Gasteiger partial charge in [0.25, 0.3) is 0 Å². The van der Waals surface area contributed by atoms with Gasteiger partial charge in [-0.15, -0.1) is 23.1 Å². The Labute approximate surface area is 152 Å². The summed E-state index contributed by atoms with van der Waals surface area (Å²) in [6.45, 7) is 0.461. The van der Waals surface area contributed by atoms with Gasteiger partial charge in [0.05, 0.1) is 16.4 Å². The molecule has 1 aromatic carbocycles.